The topological polar surface area (TPSA) is 49.4 Å². The molecule has 0 bridgehead atoms. The van der Waals surface area contributed by atoms with Crippen molar-refractivity contribution in [3.8, 4) is 0 Å². The van der Waals surface area contributed by atoms with Gasteiger partial charge in [0.1, 0.15) is 5.54 Å². The van der Waals surface area contributed by atoms with Crippen LogP contribution in [0.3, 0.4) is 0 Å². The standard InChI is InChI=1S/C16H19ClN2O2/c17-13-6-2-1-5-12(13)11-14(20)19-10-4-8-16(19)7-3-9-18-15(16)21/h1-2,5-6H,3-4,7-11H2,(H,18,21). The summed E-state index contributed by atoms with van der Waals surface area (Å²) in [5, 5.41) is 3.52. The van der Waals surface area contributed by atoms with Crippen molar-refractivity contribution in [3.63, 3.8) is 0 Å². The van der Waals surface area contributed by atoms with E-state index in [0.29, 0.717) is 18.1 Å². The molecule has 1 aromatic carbocycles. The van der Waals surface area contributed by atoms with Crippen LogP contribution in [0.2, 0.25) is 5.02 Å². The molecule has 21 heavy (non-hydrogen) atoms. The quantitative estimate of drug-likeness (QED) is 0.910. The first-order valence-corrected chi connectivity index (χ1v) is 7.83. The van der Waals surface area contributed by atoms with Crippen LogP contribution in [0.1, 0.15) is 31.2 Å². The van der Waals surface area contributed by atoms with Gasteiger partial charge in [0.25, 0.3) is 0 Å². The fourth-order valence-electron chi connectivity index (χ4n) is 3.50. The Labute approximate surface area is 129 Å². The van der Waals surface area contributed by atoms with Gasteiger partial charge >= 0.3 is 0 Å². The normalized spacial score (nSPS) is 25.2. The number of nitrogens with one attached hydrogen (secondary N) is 1. The number of hydrogen-bond donors (Lipinski definition) is 1. The molecule has 1 spiro atoms. The molecule has 0 aliphatic carbocycles. The second-order valence-electron chi connectivity index (χ2n) is 5.81. The first-order chi connectivity index (χ1) is 10.1. The molecule has 4 nitrogen and oxygen atoms in total. The molecule has 1 N–H and O–H groups in total. The molecule has 1 atom stereocenters. The Morgan fingerprint density at radius 1 is 1.29 bits per heavy atom. The van der Waals surface area contributed by atoms with Crippen LogP contribution in [-0.2, 0) is 16.0 Å². The van der Waals surface area contributed by atoms with Gasteiger partial charge in [-0.1, -0.05) is 29.8 Å². The van der Waals surface area contributed by atoms with E-state index in [4.69, 9.17) is 11.6 Å². The third-order valence-corrected chi connectivity index (χ3v) is 4.93. The maximum absolute atomic E-state index is 12.7. The summed E-state index contributed by atoms with van der Waals surface area (Å²) in [4.78, 5) is 26.8. The number of nitrogens with zero attached hydrogens (tertiary/aromatic N) is 1. The molecule has 2 aliphatic rings. The zero-order chi connectivity index (χ0) is 14.9. The molecule has 0 saturated carbocycles. The highest BCUT2D eigenvalue weighted by molar-refractivity contribution is 6.31. The Bertz CT molecular complexity index is 575. The number of benzene rings is 1. The van der Waals surface area contributed by atoms with Crippen molar-refractivity contribution in [1.29, 1.82) is 0 Å². The molecule has 0 radical (unpaired) electrons. The van der Waals surface area contributed by atoms with Gasteiger partial charge in [0.05, 0.1) is 6.42 Å². The second-order valence-corrected chi connectivity index (χ2v) is 6.22. The summed E-state index contributed by atoms with van der Waals surface area (Å²) in [6.45, 7) is 1.38. The van der Waals surface area contributed by atoms with E-state index < -0.39 is 5.54 Å². The lowest BCUT2D eigenvalue weighted by Gasteiger charge is -2.40. The number of likely N-dealkylation sites (tertiary alicyclic amines) is 1. The van der Waals surface area contributed by atoms with E-state index in [0.717, 1.165) is 31.2 Å². The molecule has 1 aromatic rings. The van der Waals surface area contributed by atoms with Crippen LogP contribution in [0.25, 0.3) is 0 Å². The van der Waals surface area contributed by atoms with Crippen LogP contribution in [0.5, 0.6) is 0 Å². The fraction of sp³-hybridized carbons (Fsp3) is 0.500. The molecule has 2 heterocycles. The van der Waals surface area contributed by atoms with E-state index in [1.54, 1.807) is 11.0 Å². The van der Waals surface area contributed by atoms with E-state index in [2.05, 4.69) is 5.32 Å². The number of amides is 2. The van der Waals surface area contributed by atoms with Gasteiger partial charge in [-0.05, 0) is 37.3 Å². The lowest BCUT2D eigenvalue weighted by atomic mass is 9.86. The Morgan fingerprint density at radius 2 is 2.05 bits per heavy atom. The molecular formula is C16H19ClN2O2. The smallest absolute Gasteiger partial charge is 0.245 e. The lowest BCUT2D eigenvalue weighted by Crippen LogP contribution is -2.60. The third-order valence-electron chi connectivity index (χ3n) is 4.56. The van der Waals surface area contributed by atoms with E-state index in [1.807, 2.05) is 18.2 Å². The summed E-state index contributed by atoms with van der Waals surface area (Å²) in [6.07, 6.45) is 3.62. The zero-order valence-electron chi connectivity index (χ0n) is 11.9. The summed E-state index contributed by atoms with van der Waals surface area (Å²) >= 11 is 6.13. The minimum absolute atomic E-state index is 0.00218. The van der Waals surface area contributed by atoms with Crippen LogP contribution in [-0.4, -0.2) is 35.3 Å². The van der Waals surface area contributed by atoms with Crippen molar-refractivity contribution in [2.75, 3.05) is 13.1 Å². The molecule has 0 aromatic heterocycles. The van der Waals surface area contributed by atoms with Crippen molar-refractivity contribution >= 4 is 23.4 Å². The van der Waals surface area contributed by atoms with Crippen molar-refractivity contribution < 1.29 is 9.59 Å². The zero-order valence-corrected chi connectivity index (χ0v) is 12.7. The Balaban J connectivity index is 1.80. The van der Waals surface area contributed by atoms with Crippen molar-refractivity contribution in [3.05, 3.63) is 34.9 Å². The number of halogens is 1. The van der Waals surface area contributed by atoms with E-state index in [1.165, 1.54) is 0 Å². The van der Waals surface area contributed by atoms with Crippen LogP contribution in [0, 0.1) is 0 Å². The molecule has 3 rings (SSSR count). The average Bonchev–Trinajstić information content (AvgIpc) is 2.89. The number of carbonyl (C=O) groups excluding carboxylic acids is 2. The molecule has 112 valence electrons. The van der Waals surface area contributed by atoms with Crippen molar-refractivity contribution in [1.82, 2.24) is 10.2 Å². The predicted molar refractivity (Wildman–Crippen MR) is 81.1 cm³/mol. The summed E-state index contributed by atoms with van der Waals surface area (Å²) in [7, 11) is 0. The van der Waals surface area contributed by atoms with Crippen LogP contribution in [0.4, 0.5) is 0 Å². The Hall–Kier alpha value is -1.55. The molecule has 2 amide bonds. The molecule has 2 saturated heterocycles. The number of hydrogen-bond acceptors (Lipinski definition) is 2. The monoisotopic (exact) mass is 306 g/mol. The van der Waals surface area contributed by atoms with Crippen LogP contribution in [0.15, 0.2) is 24.3 Å². The highest BCUT2D eigenvalue weighted by Crippen LogP contribution is 2.36. The second kappa shape index (κ2) is 5.68. The van der Waals surface area contributed by atoms with Gasteiger partial charge in [-0.2, -0.15) is 0 Å². The number of piperidine rings is 1. The molecule has 5 heteroatoms. The first kappa shape index (κ1) is 14.4. The van der Waals surface area contributed by atoms with E-state index in [9.17, 15) is 9.59 Å². The van der Waals surface area contributed by atoms with Gasteiger partial charge in [-0.25, -0.2) is 0 Å². The summed E-state index contributed by atoms with van der Waals surface area (Å²) in [5.41, 5.74) is 0.207. The minimum Gasteiger partial charge on any atom is -0.354 e. The molecule has 1 unspecified atom stereocenters. The van der Waals surface area contributed by atoms with Gasteiger partial charge in [0, 0.05) is 18.1 Å². The van der Waals surface area contributed by atoms with Gasteiger partial charge < -0.3 is 10.2 Å². The van der Waals surface area contributed by atoms with Gasteiger partial charge in [0.2, 0.25) is 11.8 Å². The molecule has 2 aliphatic heterocycles. The SMILES string of the molecule is O=C(Cc1ccccc1Cl)N1CCCC12CCCNC2=O. The highest BCUT2D eigenvalue weighted by atomic mass is 35.5. The van der Waals surface area contributed by atoms with Gasteiger partial charge in [0.15, 0.2) is 0 Å². The largest absolute Gasteiger partial charge is 0.354 e. The minimum atomic E-state index is -0.614. The van der Waals surface area contributed by atoms with Gasteiger partial charge in [-0.15, -0.1) is 0 Å². The lowest BCUT2D eigenvalue weighted by molar-refractivity contribution is -0.146. The van der Waals surface area contributed by atoms with Crippen LogP contribution < -0.4 is 5.32 Å². The first-order valence-electron chi connectivity index (χ1n) is 7.46. The van der Waals surface area contributed by atoms with Gasteiger partial charge in [-0.3, -0.25) is 9.59 Å². The Kier molecular flexibility index (Phi) is 3.89. The highest BCUT2D eigenvalue weighted by Gasteiger charge is 2.50. The summed E-state index contributed by atoms with van der Waals surface area (Å²) in [6, 6.07) is 7.38. The Morgan fingerprint density at radius 3 is 2.81 bits per heavy atom. The van der Waals surface area contributed by atoms with Crippen molar-refractivity contribution in [2.24, 2.45) is 0 Å². The third kappa shape index (κ3) is 2.53. The maximum atomic E-state index is 12.7. The number of rotatable bonds is 2. The molecular weight excluding hydrogens is 288 g/mol. The molecule has 2 fully saturated rings. The summed E-state index contributed by atoms with van der Waals surface area (Å²) in [5.74, 6) is 0.0106. The number of carbonyl (C=O) groups is 2. The van der Waals surface area contributed by atoms with E-state index >= 15 is 0 Å². The average molecular weight is 307 g/mol. The van der Waals surface area contributed by atoms with E-state index in [-0.39, 0.29) is 18.2 Å². The predicted octanol–water partition coefficient (Wildman–Crippen LogP) is 2.15. The van der Waals surface area contributed by atoms with Crippen LogP contribution >= 0.6 is 11.6 Å². The fourth-order valence-corrected chi connectivity index (χ4v) is 3.70. The maximum Gasteiger partial charge on any atom is 0.245 e. The summed E-state index contributed by atoms with van der Waals surface area (Å²) < 4.78 is 0. The van der Waals surface area contributed by atoms with Crippen molar-refractivity contribution in [2.45, 2.75) is 37.6 Å².